The van der Waals surface area contributed by atoms with Gasteiger partial charge in [-0.15, -0.1) is 0 Å². The normalized spacial score (nSPS) is 20.2. The lowest BCUT2D eigenvalue weighted by molar-refractivity contribution is -0.143. The van der Waals surface area contributed by atoms with E-state index in [9.17, 15) is 26.4 Å². The molecule has 102 valence electrons. The van der Waals surface area contributed by atoms with Gasteiger partial charge in [-0.2, -0.15) is 21.6 Å². The molecule has 1 rings (SSSR count). The van der Waals surface area contributed by atoms with E-state index in [2.05, 4.69) is 8.92 Å². The molecule has 1 unspecified atom stereocenters. The predicted octanol–water partition coefficient (Wildman–Crippen LogP) is 1.49. The van der Waals surface area contributed by atoms with Crippen molar-refractivity contribution in [2.24, 2.45) is 5.92 Å². The smallest absolute Gasteiger partial charge is 0.469 e. The number of halogens is 3. The number of esters is 1. The quantitative estimate of drug-likeness (QED) is 0.446. The van der Waals surface area contributed by atoms with Gasteiger partial charge in [0.05, 0.1) is 13.0 Å². The summed E-state index contributed by atoms with van der Waals surface area (Å²) in [5.41, 5.74) is -5.49. The Morgan fingerprint density at radius 1 is 1.44 bits per heavy atom. The average Bonchev–Trinajstić information content (AvgIpc) is 2.27. The van der Waals surface area contributed by atoms with Crippen molar-refractivity contribution in [2.45, 2.75) is 11.9 Å². The summed E-state index contributed by atoms with van der Waals surface area (Å²) in [6, 6.07) is 0. The number of allylic oxidation sites excluding steroid dienone is 2. The van der Waals surface area contributed by atoms with Crippen LogP contribution in [0.4, 0.5) is 13.2 Å². The highest BCUT2D eigenvalue weighted by molar-refractivity contribution is 7.87. The lowest BCUT2D eigenvalue weighted by Gasteiger charge is -2.15. The van der Waals surface area contributed by atoms with Gasteiger partial charge in [-0.05, 0) is 18.6 Å². The van der Waals surface area contributed by atoms with E-state index in [1.807, 2.05) is 0 Å². The molecule has 9 heteroatoms. The number of hydrogen-bond acceptors (Lipinski definition) is 5. The summed E-state index contributed by atoms with van der Waals surface area (Å²) < 4.78 is 65.7. The van der Waals surface area contributed by atoms with Crippen LogP contribution in [0, 0.1) is 5.92 Å². The predicted molar refractivity (Wildman–Crippen MR) is 53.4 cm³/mol. The fraction of sp³-hybridized carbons (Fsp3) is 0.444. The van der Waals surface area contributed by atoms with E-state index >= 15 is 0 Å². The molecule has 0 aliphatic heterocycles. The van der Waals surface area contributed by atoms with Crippen LogP contribution in [0.3, 0.4) is 0 Å². The minimum atomic E-state index is -5.68. The molecule has 0 aromatic rings. The van der Waals surface area contributed by atoms with E-state index in [4.69, 9.17) is 0 Å². The number of alkyl halides is 3. The molecule has 18 heavy (non-hydrogen) atoms. The minimum absolute atomic E-state index is 0.00584. The second-order valence-corrected chi connectivity index (χ2v) is 4.85. The zero-order chi connectivity index (χ0) is 14.0. The van der Waals surface area contributed by atoms with E-state index in [-0.39, 0.29) is 6.42 Å². The Morgan fingerprint density at radius 2 is 2.06 bits per heavy atom. The Balaban J connectivity index is 2.73. The number of methoxy groups -OCH3 is 1. The zero-order valence-corrected chi connectivity index (χ0v) is 9.92. The van der Waals surface area contributed by atoms with Crippen molar-refractivity contribution in [2.75, 3.05) is 7.11 Å². The van der Waals surface area contributed by atoms with E-state index in [0.29, 0.717) is 0 Å². The van der Waals surface area contributed by atoms with Gasteiger partial charge in [0.1, 0.15) is 5.76 Å². The first kappa shape index (κ1) is 14.6. The Hall–Kier alpha value is -1.51. The highest BCUT2D eigenvalue weighted by atomic mass is 32.2. The maximum atomic E-state index is 12.0. The van der Waals surface area contributed by atoms with Gasteiger partial charge in [0.15, 0.2) is 0 Å². The second-order valence-electron chi connectivity index (χ2n) is 3.31. The van der Waals surface area contributed by atoms with Crippen molar-refractivity contribution >= 4 is 16.1 Å². The largest absolute Gasteiger partial charge is 0.534 e. The molecule has 0 fully saturated rings. The van der Waals surface area contributed by atoms with Gasteiger partial charge in [0.2, 0.25) is 0 Å². The van der Waals surface area contributed by atoms with E-state index in [1.54, 1.807) is 0 Å². The van der Waals surface area contributed by atoms with Crippen molar-refractivity contribution in [3.8, 4) is 0 Å². The number of carbonyl (C=O) groups excluding carboxylic acids is 1. The summed E-state index contributed by atoms with van der Waals surface area (Å²) in [6.07, 6.45) is 3.28. The van der Waals surface area contributed by atoms with Crippen molar-refractivity contribution in [1.29, 1.82) is 0 Å². The van der Waals surface area contributed by atoms with Crippen LogP contribution in [0.1, 0.15) is 6.42 Å². The highest BCUT2D eigenvalue weighted by Crippen LogP contribution is 2.28. The first-order valence-corrected chi connectivity index (χ1v) is 6.05. The molecule has 1 aliphatic carbocycles. The zero-order valence-electron chi connectivity index (χ0n) is 9.10. The fourth-order valence-corrected chi connectivity index (χ4v) is 1.63. The fourth-order valence-electron chi connectivity index (χ4n) is 1.16. The highest BCUT2D eigenvalue weighted by Gasteiger charge is 2.48. The van der Waals surface area contributed by atoms with Crippen molar-refractivity contribution in [1.82, 2.24) is 0 Å². The summed E-state index contributed by atoms with van der Waals surface area (Å²) in [6.45, 7) is 0. The van der Waals surface area contributed by atoms with Crippen LogP contribution in [0.2, 0.25) is 0 Å². The number of carbonyl (C=O) groups is 1. The minimum Gasteiger partial charge on any atom is -0.469 e. The summed E-state index contributed by atoms with van der Waals surface area (Å²) in [4.78, 5) is 11.1. The molecule has 1 atom stereocenters. The van der Waals surface area contributed by atoms with Gasteiger partial charge in [-0.3, -0.25) is 4.79 Å². The lowest BCUT2D eigenvalue weighted by atomic mass is 10.0. The molecular weight excluding hydrogens is 277 g/mol. The van der Waals surface area contributed by atoms with Crippen LogP contribution in [-0.2, 0) is 23.8 Å². The maximum Gasteiger partial charge on any atom is 0.534 e. The van der Waals surface area contributed by atoms with Gasteiger partial charge in [-0.25, -0.2) is 0 Å². The van der Waals surface area contributed by atoms with Gasteiger partial charge in [-0.1, -0.05) is 6.08 Å². The topological polar surface area (TPSA) is 69.7 Å². The van der Waals surface area contributed by atoms with Crippen molar-refractivity contribution in [3.63, 3.8) is 0 Å². The summed E-state index contributed by atoms with van der Waals surface area (Å²) in [7, 11) is -4.51. The first-order chi connectivity index (χ1) is 8.17. The Labute approximate surface area is 101 Å². The SMILES string of the molecule is COC(=O)C1C=CC(OS(=O)(=O)C(F)(F)F)=CC1. The summed E-state index contributed by atoms with van der Waals surface area (Å²) >= 11 is 0. The Kier molecular flexibility index (Phi) is 4.05. The van der Waals surface area contributed by atoms with Crippen LogP contribution in [0.5, 0.6) is 0 Å². The third kappa shape index (κ3) is 3.25. The van der Waals surface area contributed by atoms with Gasteiger partial charge >= 0.3 is 21.6 Å². The lowest BCUT2D eigenvalue weighted by Crippen LogP contribution is -2.25. The first-order valence-electron chi connectivity index (χ1n) is 4.64. The second kappa shape index (κ2) is 5.01. The van der Waals surface area contributed by atoms with Gasteiger partial charge < -0.3 is 8.92 Å². The monoisotopic (exact) mass is 286 g/mol. The third-order valence-electron chi connectivity index (χ3n) is 2.06. The molecule has 0 heterocycles. The summed E-state index contributed by atoms with van der Waals surface area (Å²) in [5, 5.41) is 0. The molecule has 1 aliphatic rings. The molecule has 0 saturated carbocycles. The summed E-state index contributed by atoms with van der Waals surface area (Å²) in [5.74, 6) is -1.70. The van der Waals surface area contributed by atoms with Crippen LogP contribution < -0.4 is 0 Å². The molecule has 0 amide bonds. The standard InChI is InChI=1S/C9H9F3O5S/c1-16-8(13)6-2-4-7(5-3-6)17-18(14,15)9(10,11)12/h2,4-6H,3H2,1H3. The molecule has 0 spiro atoms. The molecule has 0 saturated heterocycles. The molecule has 0 aromatic carbocycles. The maximum absolute atomic E-state index is 12.0. The number of rotatable bonds is 3. The van der Waals surface area contributed by atoms with Gasteiger partial charge in [0, 0.05) is 0 Å². The van der Waals surface area contributed by atoms with E-state index in [0.717, 1.165) is 12.2 Å². The number of ether oxygens (including phenoxy) is 1. The van der Waals surface area contributed by atoms with Crippen LogP contribution in [0.25, 0.3) is 0 Å². The van der Waals surface area contributed by atoms with E-state index < -0.39 is 33.3 Å². The molecule has 0 radical (unpaired) electrons. The van der Waals surface area contributed by atoms with Crippen molar-refractivity contribution < 1.29 is 35.3 Å². The van der Waals surface area contributed by atoms with Crippen LogP contribution in [-0.4, -0.2) is 27.0 Å². The van der Waals surface area contributed by atoms with E-state index in [1.165, 1.54) is 13.2 Å². The molecule has 0 bridgehead atoms. The average molecular weight is 286 g/mol. The van der Waals surface area contributed by atoms with Crippen LogP contribution in [0.15, 0.2) is 24.0 Å². The van der Waals surface area contributed by atoms with Crippen molar-refractivity contribution in [3.05, 3.63) is 24.0 Å². The number of hydrogen-bond donors (Lipinski definition) is 0. The Morgan fingerprint density at radius 3 is 2.44 bits per heavy atom. The molecule has 5 nitrogen and oxygen atoms in total. The molecule has 0 N–H and O–H groups in total. The third-order valence-corrected chi connectivity index (χ3v) is 3.04. The van der Waals surface area contributed by atoms with Crippen LogP contribution >= 0.6 is 0 Å². The Bertz CT molecular complexity index is 489. The molecule has 0 aromatic heterocycles. The van der Waals surface area contributed by atoms with Gasteiger partial charge in [0.25, 0.3) is 0 Å². The molecular formula is C9H9F3O5S.